The number of halogens is 2. The van der Waals surface area contributed by atoms with Gasteiger partial charge in [-0.15, -0.1) is 0 Å². The number of aliphatic hydroxyl groups is 1. The number of nitrogens with zero attached hydrogens (tertiary/aromatic N) is 1. The summed E-state index contributed by atoms with van der Waals surface area (Å²) in [6, 6.07) is 13.0. The van der Waals surface area contributed by atoms with Crippen LogP contribution in [0.1, 0.15) is 48.5 Å². The van der Waals surface area contributed by atoms with Crippen LogP contribution in [-0.2, 0) is 17.7 Å². The van der Waals surface area contributed by atoms with Crippen molar-refractivity contribution < 1.29 is 28.7 Å². The average Bonchev–Trinajstić information content (AvgIpc) is 2.76. The van der Waals surface area contributed by atoms with E-state index < -0.39 is 30.1 Å². The van der Waals surface area contributed by atoms with Crippen molar-refractivity contribution in [1.29, 1.82) is 0 Å². The molecule has 2 aromatic carbocycles. The third-order valence-corrected chi connectivity index (χ3v) is 5.14. The molecule has 2 aromatic rings. The molecule has 0 amide bonds. The molecule has 9 heteroatoms. The lowest BCUT2D eigenvalue weighted by Gasteiger charge is -2.16. The molecule has 1 unspecified atom stereocenters. The van der Waals surface area contributed by atoms with E-state index in [1.54, 1.807) is 30.3 Å². The van der Waals surface area contributed by atoms with E-state index >= 15 is 0 Å². The molecule has 0 aliphatic heterocycles. The molecule has 182 valence electrons. The number of phenolic OH excluding ortho intramolecular Hbond substituents is 1. The van der Waals surface area contributed by atoms with Crippen LogP contribution < -0.4 is 5.32 Å². The van der Waals surface area contributed by atoms with Crippen LogP contribution in [0, 0.1) is 10.1 Å². The van der Waals surface area contributed by atoms with Gasteiger partial charge in [-0.25, -0.2) is 8.78 Å². The van der Waals surface area contributed by atoms with Crippen LogP contribution in [0.25, 0.3) is 0 Å². The van der Waals surface area contributed by atoms with E-state index in [9.17, 15) is 29.1 Å². The Morgan fingerprint density at radius 1 is 1.09 bits per heavy atom. The van der Waals surface area contributed by atoms with Gasteiger partial charge in [-0.05, 0) is 42.6 Å². The second kappa shape index (κ2) is 13.8. The maximum Gasteiger partial charge on any atom is 0.274 e. The zero-order chi connectivity index (χ0) is 24.1. The Balaban J connectivity index is 1.52. The third-order valence-electron chi connectivity index (χ3n) is 5.14. The molecule has 2 rings (SSSR count). The standard InChI is InChI=1S/C24H32F2N2O5/c25-24(26,15-19-8-4-3-5-9-19)18-33-13-7-2-1-6-12-27-16-23(30)20-10-11-22(29)21(14-20)17-28(31)32/h3-5,8-11,14,23,27,29-30H,1-2,6-7,12-13,15-18H2. The van der Waals surface area contributed by atoms with Gasteiger partial charge >= 0.3 is 0 Å². The summed E-state index contributed by atoms with van der Waals surface area (Å²) in [5, 5.41) is 33.7. The van der Waals surface area contributed by atoms with Crippen molar-refractivity contribution in [3.05, 3.63) is 75.3 Å². The maximum absolute atomic E-state index is 13.9. The molecule has 1 atom stereocenters. The minimum atomic E-state index is -2.88. The van der Waals surface area contributed by atoms with E-state index in [4.69, 9.17) is 4.74 Å². The van der Waals surface area contributed by atoms with Gasteiger partial charge in [0.1, 0.15) is 12.4 Å². The highest BCUT2D eigenvalue weighted by atomic mass is 19.3. The van der Waals surface area contributed by atoms with E-state index in [0.717, 1.165) is 19.3 Å². The van der Waals surface area contributed by atoms with E-state index in [2.05, 4.69) is 5.32 Å². The minimum Gasteiger partial charge on any atom is -0.507 e. The summed E-state index contributed by atoms with van der Waals surface area (Å²) in [4.78, 5) is 10.1. The quantitative estimate of drug-likeness (QED) is 0.194. The van der Waals surface area contributed by atoms with Gasteiger partial charge in [0.2, 0.25) is 6.54 Å². The predicted octanol–water partition coefficient (Wildman–Crippen LogP) is 4.25. The van der Waals surface area contributed by atoms with E-state index in [1.165, 1.54) is 18.2 Å². The van der Waals surface area contributed by atoms with Crippen LogP contribution in [0.5, 0.6) is 5.75 Å². The molecule has 0 spiro atoms. The normalized spacial score (nSPS) is 12.6. The molecule has 0 fully saturated rings. The lowest BCUT2D eigenvalue weighted by molar-refractivity contribution is -0.496. The number of alkyl halides is 2. The summed E-state index contributed by atoms with van der Waals surface area (Å²) in [6.45, 7) is 0.162. The highest BCUT2D eigenvalue weighted by molar-refractivity contribution is 5.36. The molecular formula is C24H32F2N2O5. The predicted molar refractivity (Wildman–Crippen MR) is 121 cm³/mol. The van der Waals surface area contributed by atoms with E-state index in [1.807, 2.05) is 0 Å². The zero-order valence-corrected chi connectivity index (χ0v) is 18.6. The Bertz CT molecular complexity index is 852. The van der Waals surface area contributed by atoms with Crippen molar-refractivity contribution in [1.82, 2.24) is 5.32 Å². The zero-order valence-electron chi connectivity index (χ0n) is 18.6. The number of benzene rings is 2. The molecule has 7 nitrogen and oxygen atoms in total. The number of aromatic hydroxyl groups is 1. The van der Waals surface area contributed by atoms with E-state index in [-0.39, 0.29) is 24.3 Å². The number of hydrogen-bond donors (Lipinski definition) is 3. The van der Waals surface area contributed by atoms with Crippen molar-refractivity contribution in [3.8, 4) is 5.75 Å². The van der Waals surface area contributed by atoms with Gasteiger partial charge in [-0.1, -0.05) is 49.2 Å². The first-order valence-corrected chi connectivity index (χ1v) is 11.1. The van der Waals surface area contributed by atoms with Crippen molar-refractivity contribution >= 4 is 0 Å². The fourth-order valence-corrected chi connectivity index (χ4v) is 3.41. The molecule has 0 aliphatic rings. The average molecular weight is 467 g/mol. The Labute approximate surface area is 192 Å². The SMILES string of the molecule is O=[N+]([O-])Cc1cc(C(O)CNCCCCCCOCC(F)(F)Cc2ccccc2)ccc1O. The van der Waals surface area contributed by atoms with Crippen LogP contribution in [0.2, 0.25) is 0 Å². The highest BCUT2D eigenvalue weighted by Gasteiger charge is 2.29. The maximum atomic E-state index is 13.9. The largest absolute Gasteiger partial charge is 0.507 e. The molecule has 0 radical (unpaired) electrons. The Kier molecular flexibility index (Phi) is 11.2. The summed E-state index contributed by atoms with van der Waals surface area (Å²) in [7, 11) is 0. The van der Waals surface area contributed by atoms with Gasteiger partial charge in [0.15, 0.2) is 0 Å². The second-order valence-electron chi connectivity index (χ2n) is 8.08. The summed E-state index contributed by atoms with van der Waals surface area (Å²) >= 11 is 0. The van der Waals surface area contributed by atoms with E-state index in [0.29, 0.717) is 30.7 Å². The van der Waals surface area contributed by atoms with Crippen LogP contribution >= 0.6 is 0 Å². The molecule has 0 heterocycles. The molecule has 33 heavy (non-hydrogen) atoms. The number of nitro groups is 1. The second-order valence-corrected chi connectivity index (χ2v) is 8.08. The van der Waals surface area contributed by atoms with Gasteiger partial charge in [0.25, 0.3) is 5.92 Å². The number of rotatable bonds is 16. The Hall–Kier alpha value is -2.62. The smallest absolute Gasteiger partial charge is 0.274 e. The first-order valence-electron chi connectivity index (χ1n) is 11.1. The lowest BCUT2D eigenvalue weighted by Crippen LogP contribution is -2.26. The Morgan fingerprint density at radius 3 is 2.55 bits per heavy atom. The van der Waals surface area contributed by atoms with Crippen LogP contribution in [0.3, 0.4) is 0 Å². The molecule has 0 saturated carbocycles. The van der Waals surface area contributed by atoms with Crippen LogP contribution in [0.4, 0.5) is 8.78 Å². The molecule has 0 aliphatic carbocycles. The number of nitrogens with one attached hydrogen (secondary N) is 1. The summed E-state index contributed by atoms with van der Waals surface area (Å²) < 4.78 is 33.0. The summed E-state index contributed by atoms with van der Waals surface area (Å²) in [6.07, 6.45) is 2.15. The Morgan fingerprint density at radius 2 is 1.82 bits per heavy atom. The van der Waals surface area contributed by atoms with Crippen LogP contribution in [-0.4, -0.2) is 47.4 Å². The first kappa shape index (κ1) is 26.6. The van der Waals surface area contributed by atoms with Crippen LogP contribution in [0.15, 0.2) is 48.5 Å². The first-order chi connectivity index (χ1) is 15.8. The van der Waals surface area contributed by atoms with Crippen molar-refractivity contribution in [2.45, 2.75) is 50.7 Å². The lowest BCUT2D eigenvalue weighted by atomic mass is 10.0. The highest BCUT2D eigenvalue weighted by Crippen LogP contribution is 2.23. The number of ether oxygens (including phenoxy) is 1. The summed E-state index contributed by atoms with van der Waals surface area (Å²) in [5.41, 5.74) is 1.25. The fourth-order valence-electron chi connectivity index (χ4n) is 3.41. The number of phenols is 1. The topological polar surface area (TPSA) is 105 Å². The van der Waals surface area contributed by atoms with Gasteiger partial charge in [-0.2, -0.15) is 0 Å². The van der Waals surface area contributed by atoms with Crippen molar-refractivity contribution in [2.75, 3.05) is 26.3 Å². The monoisotopic (exact) mass is 466 g/mol. The summed E-state index contributed by atoms with van der Waals surface area (Å²) in [5.74, 6) is -3.05. The van der Waals surface area contributed by atoms with Gasteiger partial charge in [0, 0.05) is 24.5 Å². The number of unbranched alkanes of at least 4 members (excludes halogenated alkanes) is 3. The number of aliphatic hydroxyl groups excluding tert-OH is 1. The third kappa shape index (κ3) is 10.7. The molecule has 0 aromatic heterocycles. The molecular weight excluding hydrogens is 434 g/mol. The number of hydrogen-bond acceptors (Lipinski definition) is 6. The minimum absolute atomic E-state index is 0.164. The van der Waals surface area contributed by atoms with Crippen molar-refractivity contribution in [3.63, 3.8) is 0 Å². The fraction of sp³-hybridized carbons (Fsp3) is 0.500. The van der Waals surface area contributed by atoms with Gasteiger partial charge in [-0.3, -0.25) is 10.1 Å². The molecule has 3 N–H and O–H groups in total. The van der Waals surface area contributed by atoms with Crippen molar-refractivity contribution in [2.24, 2.45) is 0 Å². The van der Waals surface area contributed by atoms with Gasteiger partial charge < -0.3 is 20.3 Å². The molecule has 0 saturated heterocycles. The van der Waals surface area contributed by atoms with Gasteiger partial charge in [0.05, 0.1) is 11.7 Å². The molecule has 0 bridgehead atoms.